The number of esters is 1. The fourth-order valence-corrected chi connectivity index (χ4v) is 1.17. The van der Waals surface area contributed by atoms with Gasteiger partial charge in [-0.2, -0.15) is 0 Å². The van der Waals surface area contributed by atoms with E-state index in [2.05, 4.69) is 23.8 Å². The average Bonchev–Trinajstić information content (AvgIpc) is 2.26. The Morgan fingerprint density at radius 2 is 1.67 bits per heavy atom. The predicted molar refractivity (Wildman–Crippen MR) is 63.7 cm³/mol. The van der Waals surface area contributed by atoms with Crippen molar-refractivity contribution in [1.82, 2.24) is 0 Å². The maximum absolute atomic E-state index is 10.7. The summed E-state index contributed by atoms with van der Waals surface area (Å²) < 4.78 is 4.49. The summed E-state index contributed by atoms with van der Waals surface area (Å²) >= 11 is 0. The van der Waals surface area contributed by atoms with Crippen LogP contribution in [-0.2, 0) is 9.53 Å². The van der Waals surface area contributed by atoms with Crippen LogP contribution >= 0.6 is 0 Å². The van der Waals surface area contributed by atoms with Crippen LogP contribution < -0.4 is 0 Å². The van der Waals surface area contributed by atoms with Gasteiger partial charge < -0.3 is 4.74 Å². The molecule has 2 nitrogen and oxygen atoms in total. The molecule has 0 unspecified atom stereocenters. The van der Waals surface area contributed by atoms with Gasteiger partial charge in [-0.3, -0.25) is 0 Å². The molecule has 0 rings (SSSR count). The van der Waals surface area contributed by atoms with Crippen molar-refractivity contribution in [3.05, 3.63) is 24.3 Å². The third-order valence-corrected chi connectivity index (χ3v) is 2.07. The molecule has 0 aromatic rings. The number of carbonyl (C=O) groups is 1. The zero-order chi connectivity index (χ0) is 11.4. The molecular formula is C13H22O2. The summed E-state index contributed by atoms with van der Waals surface area (Å²) in [6.07, 6.45) is 14.7. The van der Waals surface area contributed by atoms with Gasteiger partial charge >= 0.3 is 5.97 Å². The minimum atomic E-state index is -0.266. The van der Waals surface area contributed by atoms with Crippen LogP contribution in [-0.4, -0.2) is 13.1 Å². The van der Waals surface area contributed by atoms with Crippen LogP contribution in [0.2, 0.25) is 0 Å². The summed E-state index contributed by atoms with van der Waals surface area (Å²) in [6, 6.07) is 0. The van der Waals surface area contributed by atoms with Gasteiger partial charge in [0.15, 0.2) is 0 Å². The first-order valence-corrected chi connectivity index (χ1v) is 5.70. The Balaban J connectivity index is 3.24. The molecule has 0 heterocycles. The highest BCUT2D eigenvalue weighted by atomic mass is 16.5. The number of carbonyl (C=O) groups excluding carboxylic acids is 1. The first kappa shape index (κ1) is 13.9. The number of hydrogen-bond acceptors (Lipinski definition) is 2. The summed E-state index contributed by atoms with van der Waals surface area (Å²) in [5, 5.41) is 0. The summed E-state index contributed by atoms with van der Waals surface area (Å²) in [7, 11) is 1.39. The summed E-state index contributed by atoms with van der Waals surface area (Å²) in [5.74, 6) is -0.266. The number of methoxy groups -OCH3 is 1. The second kappa shape index (κ2) is 11.0. The molecule has 0 aromatic heterocycles. The molecule has 0 amide bonds. The third-order valence-electron chi connectivity index (χ3n) is 2.07. The van der Waals surface area contributed by atoms with Gasteiger partial charge in [0.2, 0.25) is 0 Å². The molecule has 0 aliphatic carbocycles. The highest BCUT2D eigenvalue weighted by molar-refractivity contribution is 5.81. The molecule has 15 heavy (non-hydrogen) atoms. The Hall–Kier alpha value is -1.05. The number of hydrogen-bond donors (Lipinski definition) is 0. The van der Waals surface area contributed by atoms with Crippen molar-refractivity contribution >= 4 is 5.97 Å². The topological polar surface area (TPSA) is 26.3 Å². The van der Waals surface area contributed by atoms with Crippen LogP contribution in [0.3, 0.4) is 0 Å². The monoisotopic (exact) mass is 210 g/mol. The number of unbranched alkanes of at least 4 members (excludes halogenated alkanes) is 4. The second-order valence-electron chi connectivity index (χ2n) is 3.47. The van der Waals surface area contributed by atoms with E-state index in [-0.39, 0.29) is 5.97 Å². The summed E-state index contributed by atoms with van der Waals surface area (Å²) in [6.45, 7) is 2.18. The van der Waals surface area contributed by atoms with E-state index in [4.69, 9.17) is 0 Å². The highest BCUT2D eigenvalue weighted by Gasteiger charge is 1.89. The minimum Gasteiger partial charge on any atom is -0.466 e. The maximum Gasteiger partial charge on any atom is 0.330 e. The molecule has 0 aliphatic rings. The van der Waals surface area contributed by atoms with E-state index in [1.807, 2.05) is 6.08 Å². The van der Waals surface area contributed by atoms with E-state index >= 15 is 0 Å². The lowest BCUT2D eigenvalue weighted by Crippen LogP contribution is -1.93. The molecule has 0 atom stereocenters. The second-order valence-corrected chi connectivity index (χ2v) is 3.47. The molecule has 2 heteroatoms. The van der Waals surface area contributed by atoms with Gasteiger partial charge in [-0.15, -0.1) is 0 Å². The van der Waals surface area contributed by atoms with Gasteiger partial charge in [0.05, 0.1) is 7.11 Å². The van der Waals surface area contributed by atoms with E-state index in [9.17, 15) is 4.79 Å². The Kier molecular flexibility index (Phi) is 10.3. The minimum absolute atomic E-state index is 0.266. The lowest BCUT2D eigenvalue weighted by atomic mass is 10.1. The van der Waals surface area contributed by atoms with E-state index in [1.165, 1.54) is 32.4 Å². The van der Waals surface area contributed by atoms with Crippen LogP contribution in [0.15, 0.2) is 24.3 Å². The fourth-order valence-electron chi connectivity index (χ4n) is 1.17. The zero-order valence-corrected chi connectivity index (χ0v) is 9.87. The molecule has 86 valence electrons. The quantitative estimate of drug-likeness (QED) is 0.265. The number of allylic oxidation sites excluding steroid dienone is 3. The SMILES string of the molecule is CCCC=CCCCCC=CC(=O)OC. The molecule has 0 spiro atoms. The molecule has 0 aliphatic heterocycles. The van der Waals surface area contributed by atoms with Crippen LogP contribution in [0.1, 0.15) is 45.4 Å². The van der Waals surface area contributed by atoms with Gasteiger partial charge in [0, 0.05) is 6.08 Å². The smallest absolute Gasteiger partial charge is 0.330 e. The van der Waals surface area contributed by atoms with Crippen LogP contribution in [0, 0.1) is 0 Å². The Morgan fingerprint density at radius 1 is 1.07 bits per heavy atom. The lowest BCUT2D eigenvalue weighted by Gasteiger charge is -1.93. The third kappa shape index (κ3) is 10.9. The molecular weight excluding hydrogens is 188 g/mol. The lowest BCUT2D eigenvalue weighted by molar-refractivity contribution is -0.134. The standard InChI is InChI=1S/C13H22O2/c1-3-4-5-6-7-8-9-10-11-12-13(14)15-2/h5-6,11-12H,3-4,7-10H2,1-2H3. The highest BCUT2D eigenvalue weighted by Crippen LogP contribution is 2.02. The maximum atomic E-state index is 10.7. The summed E-state index contributed by atoms with van der Waals surface area (Å²) in [4.78, 5) is 10.7. The van der Waals surface area contributed by atoms with E-state index < -0.39 is 0 Å². The van der Waals surface area contributed by atoms with Crippen LogP contribution in [0.5, 0.6) is 0 Å². The molecule has 0 saturated heterocycles. The van der Waals surface area contributed by atoms with Crippen molar-refractivity contribution in [1.29, 1.82) is 0 Å². The molecule has 0 N–H and O–H groups in total. The molecule has 0 fully saturated rings. The Bertz CT molecular complexity index is 205. The zero-order valence-electron chi connectivity index (χ0n) is 9.87. The summed E-state index contributed by atoms with van der Waals surface area (Å²) in [5.41, 5.74) is 0. The van der Waals surface area contributed by atoms with Crippen molar-refractivity contribution in [2.45, 2.75) is 45.4 Å². The Labute approximate surface area is 93.0 Å². The van der Waals surface area contributed by atoms with Gasteiger partial charge in [0.1, 0.15) is 0 Å². The van der Waals surface area contributed by atoms with Gasteiger partial charge in [0.25, 0.3) is 0 Å². The predicted octanol–water partition coefficient (Wildman–Crippen LogP) is 3.63. The van der Waals surface area contributed by atoms with Crippen LogP contribution in [0.4, 0.5) is 0 Å². The average molecular weight is 210 g/mol. The Morgan fingerprint density at radius 3 is 2.27 bits per heavy atom. The van der Waals surface area contributed by atoms with Crippen molar-refractivity contribution in [3.8, 4) is 0 Å². The van der Waals surface area contributed by atoms with Crippen molar-refractivity contribution in [2.75, 3.05) is 7.11 Å². The van der Waals surface area contributed by atoms with Gasteiger partial charge in [-0.25, -0.2) is 4.79 Å². The normalized spacial score (nSPS) is 11.3. The molecule has 0 saturated carbocycles. The van der Waals surface area contributed by atoms with E-state index in [1.54, 1.807) is 0 Å². The molecule has 0 aromatic carbocycles. The van der Waals surface area contributed by atoms with E-state index in [0.717, 1.165) is 19.3 Å². The molecule has 0 radical (unpaired) electrons. The van der Waals surface area contributed by atoms with Crippen molar-refractivity contribution < 1.29 is 9.53 Å². The number of ether oxygens (including phenoxy) is 1. The van der Waals surface area contributed by atoms with E-state index in [0.29, 0.717) is 0 Å². The first-order chi connectivity index (χ1) is 7.31. The number of rotatable bonds is 8. The molecule has 0 bridgehead atoms. The van der Waals surface area contributed by atoms with Crippen molar-refractivity contribution in [3.63, 3.8) is 0 Å². The largest absolute Gasteiger partial charge is 0.466 e. The van der Waals surface area contributed by atoms with Crippen LogP contribution in [0.25, 0.3) is 0 Å². The van der Waals surface area contributed by atoms with Gasteiger partial charge in [-0.05, 0) is 32.1 Å². The first-order valence-electron chi connectivity index (χ1n) is 5.70. The van der Waals surface area contributed by atoms with Gasteiger partial charge in [-0.1, -0.05) is 31.6 Å². The fraction of sp³-hybridized carbons (Fsp3) is 0.615. The van der Waals surface area contributed by atoms with Crippen molar-refractivity contribution in [2.24, 2.45) is 0 Å².